The molecular weight excluding hydrogens is 506 g/mol. The fourth-order valence-corrected chi connectivity index (χ4v) is 6.18. The molecule has 198 valence electrons. The van der Waals surface area contributed by atoms with Crippen LogP contribution in [0.15, 0.2) is 60.4 Å². The molecule has 6 rings (SSSR count). The predicted octanol–water partition coefficient (Wildman–Crippen LogP) is 5.12. The number of nitrogens with zero attached hydrogens (tertiary/aromatic N) is 5. The molecule has 3 N–H and O–H groups in total. The molecule has 0 unspecified atom stereocenters. The normalized spacial score (nSPS) is 14.3. The Balaban J connectivity index is 1.25. The molecule has 1 saturated heterocycles. The maximum Gasteiger partial charge on any atom is 0.258 e. The second kappa shape index (κ2) is 10.6. The number of benzene rings is 2. The minimum Gasteiger partial charge on any atom is -0.382 e. The van der Waals surface area contributed by atoms with Crippen LogP contribution in [0.5, 0.6) is 0 Å². The summed E-state index contributed by atoms with van der Waals surface area (Å²) >= 11 is 1.38. The van der Waals surface area contributed by atoms with Crippen LogP contribution in [0.3, 0.4) is 0 Å². The SMILES string of the molecule is CCN1CCN(c2ccc(Cc3nccc4c(NC(=O)c5csc6c(N)ncnc56)c(C)ccc34)cc2)CC1. The number of hydrogen-bond donors (Lipinski definition) is 2. The Morgan fingerprint density at radius 1 is 1.00 bits per heavy atom. The first-order chi connectivity index (χ1) is 19.0. The van der Waals surface area contributed by atoms with Crippen molar-refractivity contribution in [1.82, 2.24) is 19.9 Å². The number of rotatable bonds is 6. The highest BCUT2D eigenvalue weighted by atomic mass is 32.1. The number of piperazine rings is 1. The number of nitrogens with two attached hydrogens (primary N) is 1. The summed E-state index contributed by atoms with van der Waals surface area (Å²) < 4.78 is 0.720. The molecule has 0 atom stereocenters. The standard InChI is InChI=1S/C30H31N7OS/c1-3-36-12-14-37(15-13-36)21-7-5-20(6-8-21)16-25-22-9-4-19(2)26(23(22)10-11-32-25)35-30(38)24-17-39-28-27(24)33-18-34-29(28)31/h4-11,17-18H,3,12-16H2,1-2H3,(H,35,38)(H2,31,33,34). The zero-order valence-electron chi connectivity index (χ0n) is 22.1. The molecule has 0 spiro atoms. The van der Waals surface area contributed by atoms with Gasteiger partial charge in [-0.2, -0.15) is 0 Å². The maximum atomic E-state index is 13.3. The smallest absolute Gasteiger partial charge is 0.258 e. The van der Waals surface area contributed by atoms with Gasteiger partial charge in [-0.15, -0.1) is 11.3 Å². The molecule has 8 nitrogen and oxygen atoms in total. The number of carbonyl (C=O) groups excluding carboxylic acids is 1. The van der Waals surface area contributed by atoms with Crippen LogP contribution >= 0.6 is 11.3 Å². The van der Waals surface area contributed by atoms with E-state index in [1.54, 1.807) is 5.38 Å². The highest BCUT2D eigenvalue weighted by Gasteiger charge is 2.19. The molecule has 0 radical (unpaired) electrons. The zero-order chi connectivity index (χ0) is 26.9. The number of pyridine rings is 1. The van der Waals surface area contributed by atoms with Crippen LogP contribution in [-0.2, 0) is 6.42 Å². The van der Waals surface area contributed by atoms with E-state index < -0.39 is 0 Å². The largest absolute Gasteiger partial charge is 0.382 e. The molecule has 2 aromatic carbocycles. The van der Waals surface area contributed by atoms with Crippen molar-refractivity contribution in [2.75, 3.05) is 48.7 Å². The van der Waals surface area contributed by atoms with Crippen molar-refractivity contribution in [3.05, 3.63) is 82.8 Å². The maximum absolute atomic E-state index is 13.3. The van der Waals surface area contributed by atoms with Crippen LogP contribution in [0.25, 0.3) is 21.0 Å². The first-order valence-corrected chi connectivity index (χ1v) is 14.1. The van der Waals surface area contributed by atoms with Gasteiger partial charge in [-0.25, -0.2) is 9.97 Å². The van der Waals surface area contributed by atoms with Gasteiger partial charge in [0, 0.05) is 60.6 Å². The van der Waals surface area contributed by atoms with Gasteiger partial charge in [0.1, 0.15) is 12.1 Å². The van der Waals surface area contributed by atoms with Gasteiger partial charge in [-0.3, -0.25) is 9.78 Å². The van der Waals surface area contributed by atoms with Gasteiger partial charge in [0.25, 0.3) is 5.91 Å². The number of nitrogens with one attached hydrogen (secondary N) is 1. The summed E-state index contributed by atoms with van der Waals surface area (Å²) in [5, 5.41) is 6.92. The Labute approximate surface area is 231 Å². The van der Waals surface area contributed by atoms with Crippen LogP contribution in [0.1, 0.15) is 34.1 Å². The number of aromatic nitrogens is 3. The van der Waals surface area contributed by atoms with Crippen LogP contribution in [0, 0.1) is 6.92 Å². The van der Waals surface area contributed by atoms with Crippen molar-refractivity contribution in [2.24, 2.45) is 0 Å². The molecule has 0 aliphatic carbocycles. The summed E-state index contributed by atoms with van der Waals surface area (Å²) in [5.74, 6) is 0.164. The summed E-state index contributed by atoms with van der Waals surface area (Å²) in [6.45, 7) is 9.69. The van der Waals surface area contributed by atoms with E-state index >= 15 is 0 Å². The summed E-state index contributed by atoms with van der Waals surface area (Å²) in [4.78, 5) is 31.3. The lowest BCUT2D eigenvalue weighted by Crippen LogP contribution is -2.46. The number of amides is 1. The van der Waals surface area contributed by atoms with Gasteiger partial charge in [-0.1, -0.05) is 31.2 Å². The number of thiophene rings is 1. The highest BCUT2D eigenvalue weighted by Crippen LogP contribution is 2.32. The lowest BCUT2D eigenvalue weighted by Gasteiger charge is -2.35. The number of likely N-dealkylation sites (N-methyl/N-ethyl adjacent to an activating group) is 1. The van der Waals surface area contributed by atoms with E-state index in [1.807, 2.05) is 25.3 Å². The molecule has 0 bridgehead atoms. The van der Waals surface area contributed by atoms with Gasteiger partial charge < -0.3 is 20.9 Å². The van der Waals surface area contributed by atoms with E-state index in [2.05, 4.69) is 62.3 Å². The molecule has 39 heavy (non-hydrogen) atoms. The Morgan fingerprint density at radius 2 is 1.79 bits per heavy atom. The Kier molecular flexibility index (Phi) is 6.85. The lowest BCUT2D eigenvalue weighted by molar-refractivity contribution is 0.102. The van der Waals surface area contributed by atoms with Crippen LogP contribution in [0.2, 0.25) is 0 Å². The van der Waals surface area contributed by atoms with E-state index in [0.717, 1.165) is 65.1 Å². The molecular formula is C30H31N7OS. The topological polar surface area (TPSA) is 100 Å². The lowest BCUT2D eigenvalue weighted by atomic mass is 10.00. The molecule has 4 heterocycles. The van der Waals surface area contributed by atoms with Gasteiger partial charge >= 0.3 is 0 Å². The van der Waals surface area contributed by atoms with Crippen molar-refractivity contribution in [3.63, 3.8) is 0 Å². The van der Waals surface area contributed by atoms with Crippen molar-refractivity contribution in [3.8, 4) is 0 Å². The third kappa shape index (κ3) is 4.91. The summed E-state index contributed by atoms with van der Waals surface area (Å²) in [7, 11) is 0. The quantitative estimate of drug-likeness (QED) is 0.310. The fourth-order valence-electron chi connectivity index (χ4n) is 5.28. The minimum atomic E-state index is -0.219. The monoisotopic (exact) mass is 537 g/mol. The Hall–Kier alpha value is -4.08. The predicted molar refractivity (Wildman–Crippen MR) is 160 cm³/mol. The average molecular weight is 538 g/mol. The number of anilines is 3. The van der Waals surface area contributed by atoms with Crippen LogP contribution in [-0.4, -0.2) is 58.5 Å². The van der Waals surface area contributed by atoms with Crippen LogP contribution in [0.4, 0.5) is 17.2 Å². The molecule has 3 aromatic heterocycles. The number of nitrogen functional groups attached to an aromatic ring is 1. The second-order valence-electron chi connectivity index (χ2n) is 9.91. The third-order valence-corrected chi connectivity index (χ3v) is 8.58. The van der Waals surface area contributed by atoms with Gasteiger partial charge in [0.05, 0.1) is 27.2 Å². The number of carbonyl (C=O) groups is 1. The third-order valence-electron chi connectivity index (χ3n) is 7.59. The summed E-state index contributed by atoms with van der Waals surface area (Å²) in [5.41, 5.74) is 12.3. The minimum absolute atomic E-state index is 0.219. The fraction of sp³-hybridized carbons (Fsp3) is 0.267. The molecule has 1 amide bonds. The Morgan fingerprint density at radius 3 is 2.56 bits per heavy atom. The summed E-state index contributed by atoms with van der Waals surface area (Å²) in [6, 6.07) is 14.9. The van der Waals surface area contributed by atoms with Crippen molar-refractivity contribution in [2.45, 2.75) is 20.3 Å². The van der Waals surface area contributed by atoms with Gasteiger partial charge in [0.15, 0.2) is 0 Å². The summed E-state index contributed by atoms with van der Waals surface area (Å²) in [6.07, 6.45) is 3.92. The zero-order valence-corrected chi connectivity index (χ0v) is 23.0. The van der Waals surface area contributed by atoms with E-state index in [-0.39, 0.29) is 5.91 Å². The van der Waals surface area contributed by atoms with Crippen molar-refractivity contribution >= 4 is 55.4 Å². The average Bonchev–Trinajstić information content (AvgIpc) is 3.41. The molecule has 9 heteroatoms. The number of aryl methyl sites for hydroxylation is 1. The Bertz CT molecular complexity index is 1660. The van der Waals surface area contributed by atoms with Crippen LogP contribution < -0.4 is 16.0 Å². The van der Waals surface area contributed by atoms with E-state index in [1.165, 1.54) is 28.9 Å². The molecule has 5 aromatic rings. The molecule has 0 saturated carbocycles. The van der Waals surface area contributed by atoms with E-state index in [4.69, 9.17) is 10.7 Å². The first kappa shape index (κ1) is 25.2. The molecule has 1 fully saturated rings. The van der Waals surface area contributed by atoms with Gasteiger partial charge in [0.2, 0.25) is 0 Å². The molecule has 1 aliphatic rings. The number of hydrogen-bond acceptors (Lipinski definition) is 8. The first-order valence-electron chi connectivity index (χ1n) is 13.2. The highest BCUT2D eigenvalue weighted by molar-refractivity contribution is 7.18. The molecule has 1 aliphatic heterocycles. The van der Waals surface area contributed by atoms with Crippen molar-refractivity contribution < 1.29 is 4.79 Å². The van der Waals surface area contributed by atoms with Gasteiger partial charge in [-0.05, 0) is 42.8 Å². The van der Waals surface area contributed by atoms with Crippen molar-refractivity contribution in [1.29, 1.82) is 0 Å². The van der Waals surface area contributed by atoms with E-state index in [9.17, 15) is 4.79 Å². The van der Waals surface area contributed by atoms with E-state index in [0.29, 0.717) is 23.3 Å². The number of fused-ring (bicyclic) bond motifs is 2. The second-order valence-corrected chi connectivity index (χ2v) is 10.8.